The van der Waals surface area contributed by atoms with E-state index in [-0.39, 0.29) is 18.5 Å². The second-order valence-electron chi connectivity index (χ2n) is 7.63. The predicted molar refractivity (Wildman–Crippen MR) is 120 cm³/mol. The molecule has 1 atom stereocenters. The van der Waals surface area contributed by atoms with Crippen LogP contribution in [0.4, 0.5) is 0 Å². The molecule has 0 aliphatic heterocycles. The molecule has 0 radical (unpaired) electrons. The Morgan fingerprint density at radius 2 is 1.91 bits per heavy atom. The van der Waals surface area contributed by atoms with Crippen LogP contribution in [0.25, 0.3) is 22.0 Å². The van der Waals surface area contributed by atoms with E-state index in [2.05, 4.69) is 4.98 Å². The van der Waals surface area contributed by atoms with Crippen molar-refractivity contribution in [3.05, 3.63) is 59.0 Å². The highest BCUT2D eigenvalue weighted by atomic mass is 32.2. The molecule has 3 rings (SSSR count). The molecule has 1 aromatic carbocycles. The third-order valence-electron chi connectivity index (χ3n) is 5.52. The van der Waals surface area contributed by atoms with Crippen LogP contribution in [0.1, 0.15) is 20.3 Å². The first-order valence-electron chi connectivity index (χ1n) is 9.97. The quantitative estimate of drug-likeness (QED) is 0.390. The molecule has 9 nitrogen and oxygen atoms in total. The minimum Gasteiger partial charge on any atom is -0.478 e. The van der Waals surface area contributed by atoms with E-state index < -0.39 is 20.5 Å². The van der Waals surface area contributed by atoms with E-state index in [1.165, 1.54) is 23.0 Å². The maximum atomic E-state index is 12.6. The third kappa shape index (κ3) is 4.66. The molecule has 0 bridgehead atoms. The highest BCUT2D eigenvalue weighted by Gasteiger charge is 2.43. The average Bonchev–Trinajstić information content (AvgIpc) is 2.76. The summed E-state index contributed by atoms with van der Waals surface area (Å²) in [4.78, 5) is 29.0. The normalized spacial score (nSPS) is 13.5. The van der Waals surface area contributed by atoms with Gasteiger partial charge in [0.05, 0.1) is 12.1 Å². The van der Waals surface area contributed by atoms with Gasteiger partial charge in [0.25, 0.3) is 11.5 Å². The molecule has 32 heavy (non-hydrogen) atoms. The summed E-state index contributed by atoms with van der Waals surface area (Å²) in [6.45, 7) is 3.62. The lowest BCUT2D eigenvalue weighted by Crippen LogP contribution is -2.49. The number of nitrogens with zero attached hydrogens (tertiary/aromatic N) is 2. The van der Waals surface area contributed by atoms with Crippen molar-refractivity contribution in [3.63, 3.8) is 0 Å². The minimum atomic E-state index is -3.84. The smallest absolute Gasteiger partial charge is 0.264 e. The summed E-state index contributed by atoms with van der Waals surface area (Å²) in [5, 5.41) is 9.82. The molecule has 170 valence electrons. The van der Waals surface area contributed by atoms with Crippen LogP contribution in [-0.4, -0.2) is 46.7 Å². The van der Waals surface area contributed by atoms with Gasteiger partial charge in [0, 0.05) is 36.5 Å². The Balaban J connectivity index is 1.85. The Morgan fingerprint density at radius 1 is 1.19 bits per heavy atom. The van der Waals surface area contributed by atoms with E-state index in [1.807, 2.05) is 31.2 Å². The standard InChI is InChI=1S/C22H25N3O6S/c1-4-31-19-8-6-17-13-15(5-7-18(17)23-19)16-9-11-25(20(26)14-16)12-10-22(2,21(27)24-28)32(3,29)30/h5-9,11,13-14,28H,4,10,12H2,1-3H3,(H,24,27)/t22-/m1/s1. The molecule has 2 heterocycles. The molecule has 0 saturated heterocycles. The van der Waals surface area contributed by atoms with Gasteiger partial charge < -0.3 is 9.30 Å². The van der Waals surface area contributed by atoms with Gasteiger partial charge >= 0.3 is 0 Å². The Kier molecular flexibility index (Phi) is 6.65. The van der Waals surface area contributed by atoms with Crippen LogP contribution < -0.4 is 15.8 Å². The summed E-state index contributed by atoms with van der Waals surface area (Å²) in [6, 6.07) is 12.5. The SMILES string of the molecule is CCOc1ccc2cc(-c3ccn(CC[C@](C)(C(=O)NO)S(C)(=O)=O)c(=O)c3)ccc2n1. The van der Waals surface area contributed by atoms with Gasteiger partial charge in [-0.1, -0.05) is 6.07 Å². The first kappa shape index (κ1) is 23.4. The Bertz CT molecular complexity index is 1320. The van der Waals surface area contributed by atoms with Gasteiger partial charge in [0.15, 0.2) is 14.6 Å². The van der Waals surface area contributed by atoms with Crippen LogP contribution in [0.15, 0.2) is 53.5 Å². The number of ether oxygens (including phenoxy) is 1. The number of nitrogens with one attached hydrogen (secondary N) is 1. The lowest BCUT2D eigenvalue weighted by Gasteiger charge is -2.25. The summed E-state index contributed by atoms with van der Waals surface area (Å²) < 4.78 is 29.1. The van der Waals surface area contributed by atoms with Crippen molar-refractivity contribution in [3.8, 4) is 17.0 Å². The van der Waals surface area contributed by atoms with Crippen molar-refractivity contribution in [1.82, 2.24) is 15.0 Å². The maximum Gasteiger partial charge on any atom is 0.264 e. The zero-order valence-electron chi connectivity index (χ0n) is 18.0. The fraction of sp³-hybridized carbons (Fsp3) is 0.318. The maximum absolute atomic E-state index is 12.6. The van der Waals surface area contributed by atoms with E-state index in [4.69, 9.17) is 9.94 Å². The van der Waals surface area contributed by atoms with Crippen molar-refractivity contribution in [2.45, 2.75) is 31.6 Å². The molecule has 1 amide bonds. The van der Waals surface area contributed by atoms with Gasteiger partial charge in [-0.15, -0.1) is 0 Å². The third-order valence-corrected chi connectivity index (χ3v) is 7.54. The van der Waals surface area contributed by atoms with Gasteiger partial charge in [0.1, 0.15) is 0 Å². The van der Waals surface area contributed by atoms with Crippen LogP contribution >= 0.6 is 0 Å². The molecule has 0 unspecified atom stereocenters. The van der Waals surface area contributed by atoms with E-state index in [0.717, 1.165) is 22.7 Å². The van der Waals surface area contributed by atoms with Gasteiger partial charge in [-0.05, 0) is 55.7 Å². The number of sulfone groups is 1. The van der Waals surface area contributed by atoms with Gasteiger partial charge in [-0.25, -0.2) is 18.9 Å². The molecule has 0 aliphatic rings. The van der Waals surface area contributed by atoms with Crippen molar-refractivity contribution in [2.75, 3.05) is 12.9 Å². The fourth-order valence-electron chi connectivity index (χ4n) is 3.31. The zero-order chi connectivity index (χ0) is 23.5. The summed E-state index contributed by atoms with van der Waals surface area (Å²) >= 11 is 0. The number of aromatic nitrogens is 2. The minimum absolute atomic E-state index is 0.0159. The molecule has 0 spiro atoms. The van der Waals surface area contributed by atoms with Crippen molar-refractivity contribution in [1.29, 1.82) is 0 Å². The van der Waals surface area contributed by atoms with Crippen LogP contribution in [0.5, 0.6) is 5.88 Å². The van der Waals surface area contributed by atoms with Gasteiger partial charge in [0.2, 0.25) is 5.88 Å². The number of hydrogen-bond acceptors (Lipinski definition) is 7. The second-order valence-corrected chi connectivity index (χ2v) is 10.1. The van der Waals surface area contributed by atoms with Gasteiger partial charge in [-0.3, -0.25) is 14.8 Å². The highest BCUT2D eigenvalue weighted by molar-refractivity contribution is 7.92. The number of hydroxylamine groups is 1. The number of carbonyl (C=O) groups is 1. The molecular formula is C22H25N3O6S. The van der Waals surface area contributed by atoms with Crippen molar-refractivity contribution >= 4 is 26.6 Å². The molecule has 10 heteroatoms. The average molecular weight is 460 g/mol. The Morgan fingerprint density at radius 3 is 2.53 bits per heavy atom. The summed E-state index contributed by atoms with van der Waals surface area (Å²) in [7, 11) is -3.84. The largest absolute Gasteiger partial charge is 0.478 e. The van der Waals surface area contributed by atoms with E-state index in [0.29, 0.717) is 18.1 Å². The molecule has 3 aromatic rings. The topological polar surface area (TPSA) is 128 Å². The first-order chi connectivity index (χ1) is 15.1. The molecule has 2 aromatic heterocycles. The number of pyridine rings is 2. The second kappa shape index (κ2) is 9.09. The monoisotopic (exact) mass is 459 g/mol. The molecule has 0 fully saturated rings. The van der Waals surface area contributed by atoms with Gasteiger partial charge in [-0.2, -0.15) is 0 Å². The number of fused-ring (bicyclic) bond motifs is 1. The Hall–Kier alpha value is -3.24. The number of amides is 1. The highest BCUT2D eigenvalue weighted by Crippen LogP contribution is 2.25. The molecular weight excluding hydrogens is 434 g/mol. The number of carbonyl (C=O) groups excluding carboxylic acids is 1. The Labute approximate surface area is 185 Å². The lowest BCUT2D eigenvalue weighted by molar-refractivity contribution is -0.131. The summed E-state index contributed by atoms with van der Waals surface area (Å²) in [6.07, 6.45) is 2.29. The summed E-state index contributed by atoms with van der Waals surface area (Å²) in [5.41, 5.74) is 3.36. The van der Waals surface area contributed by atoms with E-state index in [1.54, 1.807) is 18.3 Å². The zero-order valence-corrected chi connectivity index (χ0v) is 18.8. The number of rotatable bonds is 8. The van der Waals surface area contributed by atoms with E-state index >= 15 is 0 Å². The molecule has 0 saturated carbocycles. The lowest BCUT2D eigenvalue weighted by atomic mass is 10.0. The predicted octanol–water partition coefficient (Wildman–Crippen LogP) is 2.16. The van der Waals surface area contributed by atoms with Crippen molar-refractivity contribution in [2.24, 2.45) is 0 Å². The number of benzene rings is 1. The fourth-order valence-corrected chi connectivity index (χ4v) is 4.15. The number of aryl methyl sites for hydroxylation is 1. The van der Waals surface area contributed by atoms with Crippen LogP contribution in [0.3, 0.4) is 0 Å². The summed E-state index contributed by atoms with van der Waals surface area (Å²) in [5.74, 6) is -0.492. The van der Waals surface area contributed by atoms with Crippen molar-refractivity contribution < 1.29 is 23.2 Å². The molecule has 2 N–H and O–H groups in total. The first-order valence-corrected chi connectivity index (χ1v) is 11.9. The number of hydrogen-bond donors (Lipinski definition) is 2. The van der Waals surface area contributed by atoms with Crippen LogP contribution in [0.2, 0.25) is 0 Å². The van der Waals surface area contributed by atoms with Crippen LogP contribution in [0, 0.1) is 0 Å². The van der Waals surface area contributed by atoms with E-state index in [9.17, 15) is 18.0 Å². The van der Waals surface area contributed by atoms with Crippen LogP contribution in [-0.2, 0) is 21.2 Å². The molecule has 0 aliphatic carbocycles.